The third-order valence-corrected chi connectivity index (χ3v) is 2.30. The van der Waals surface area contributed by atoms with Crippen molar-refractivity contribution < 1.29 is 24.5 Å². The highest BCUT2D eigenvalue weighted by molar-refractivity contribution is 7.57. The average Bonchev–Trinajstić information content (AvgIpc) is 2.07. The number of carbonyl (C=O) groups excluding carboxylic acids is 1. The van der Waals surface area contributed by atoms with Crippen molar-refractivity contribution in [2.24, 2.45) is 5.50 Å². The van der Waals surface area contributed by atoms with E-state index in [4.69, 9.17) is 15.5 Å². The Labute approximate surface area is 91.1 Å². The van der Waals surface area contributed by atoms with Gasteiger partial charge in [0.1, 0.15) is 11.5 Å². The number of nitrogens with two attached hydrogens (primary N) is 1. The number of hydrogen-bond donors (Lipinski definition) is 5. The van der Waals surface area contributed by atoms with Gasteiger partial charge < -0.3 is 15.1 Å². The van der Waals surface area contributed by atoms with E-state index in [0.717, 1.165) is 12.1 Å². The molecular formula is C8H11N2O5P. The Bertz CT molecular complexity index is 482. The van der Waals surface area contributed by atoms with E-state index in [1.807, 2.05) is 5.09 Å². The molecule has 0 saturated carbocycles. The molecule has 0 aliphatic heterocycles. The number of phenols is 2. The highest BCUT2D eigenvalue weighted by Gasteiger charge is 2.19. The van der Waals surface area contributed by atoms with Gasteiger partial charge >= 0.3 is 7.67 Å². The summed E-state index contributed by atoms with van der Waals surface area (Å²) >= 11 is 0. The van der Waals surface area contributed by atoms with E-state index in [9.17, 15) is 14.5 Å². The molecule has 0 fully saturated rings. The molecule has 1 aromatic rings. The Kier molecular flexibility index (Phi) is 3.23. The number of benzene rings is 1. The molecule has 8 heteroatoms. The smallest absolute Gasteiger partial charge is 0.360 e. The van der Waals surface area contributed by atoms with Crippen molar-refractivity contribution in [3.8, 4) is 11.5 Å². The summed E-state index contributed by atoms with van der Waals surface area (Å²) in [6.07, 6.45) is 0. The molecule has 0 amide bonds. The number of rotatable bonds is 3. The molecule has 0 radical (unpaired) electrons. The molecule has 0 bridgehead atoms. The maximum atomic E-state index is 11.2. The fourth-order valence-electron chi connectivity index (χ4n) is 1.17. The number of anilines is 1. The number of aromatic hydroxyl groups is 2. The predicted molar refractivity (Wildman–Crippen MR) is 57.4 cm³/mol. The maximum absolute atomic E-state index is 11.2. The van der Waals surface area contributed by atoms with Crippen LogP contribution in [0.15, 0.2) is 12.1 Å². The molecule has 0 aromatic heterocycles. The minimum Gasteiger partial charge on any atom is -0.508 e. The Morgan fingerprint density at radius 2 is 2.00 bits per heavy atom. The van der Waals surface area contributed by atoms with Crippen LogP contribution in [0.5, 0.6) is 11.5 Å². The van der Waals surface area contributed by atoms with Gasteiger partial charge in [-0.25, -0.2) is 10.1 Å². The van der Waals surface area contributed by atoms with Crippen molar-refractivity contribution in [3.63, 3.8) is 0 Å². The SMILES string of the molecule is CC(=O)c1cc(O)cc(O)c1NP(N)(=O)O. The normalized spacial score (nSPS) is 14.2. The number of hydrogen-bond acceptors (Lipinski definition) is 4. The molecule has 1 aromatic carbocycles. The molecule has 0 saturated heterocycles. The summed E-state index contributed by atoms with van der Waals surface area (Å²) in [5, 5.41) is 20.5. The van der Waals surface area contributed by atoms with Gasteiger partial charge in [-0.3, -0.25) is 9.88 Å². The lowest BCUT2D eigenvalue weighted by Gasteiger charge is -2.14. The molecule has 7 nitrogen and oxygen atoms in total. The first-order chi connectivity index (χ1) is 7.20. The molecule has 0 aliphatic carbocycles. The van der Waals surface area contributed by atoms with Gasteiger partial charge in [0, 0.05) is 11.6 Å². The number of Topliss-reactive ketones (excluding diaryl/α,β-unsaturated/α-hetero) is 1. The minimum absolute atomic E-state index is 0.128. The molecular weight excluding hydrogens is 235 g/mol. The second kappa shape index (κ2) is 4.13. The Morgan fingerprint density at radius 3 is 2.44 bits per heavy atom. The third-order valence-electron chi connectivity index (χ3n) is 1.75. The van der Waals surface area contributed by atoms with Crippen LogP contribution >= 0.6 is 7.67 Å². The van der Waals surface area contributed by atoms with Crippen LogP contribution < -0.4 is 10.6 Å². The zero-order chi connectivity index (χ0) is 12.5. The maximum Gasteiger partial charge on any atom is 0.360 e. The molecule has 1 rings (SSSR count). The molecule has 88 valence electrons. The van der Waals surface area contributed by atoms with Crippen molar-refractivity contribution in [3.05, 3.63) is 17.7 Å². The second-order valence-electron chi connectivity index (χ2n) is 3.18. The lowest BCUT2D eigenvalue weighted by molar-refractivity contribution is 0.101. The van der Waals surface area contributed by atoms with Crippen molar-refractivity contribution in [2.75, 3.05) is 5.09 Å². The van der Waals surface area contributed by atoms with Gasteiger partial charge in [-0.2, -0.15) is 0 Å². The van der Waals surface area contributed by atoms with Crippen LogP contribution in [0.1, 0.15) is 17.3 Å². The van der Waals surface area contributed by atoms with Gasteiger partial charge in [-0.15, -0.1) is 0 Å². The first-order valence-electron chi connectivity index (χ1n) is 4.17. The summed E-state index contributed by atoms with van der Waals surface area (Å²) in [4.78, 5) is 20.1. The van der Waals surface area contributed by atoms with Gasteiger partial charge in [-0.1, -0.05) is 0 Å². The van der Waals surface area contributed by atoms with Crippen molar-refractivity contribution >= 4 is 19.1 Å². The highest BCUT2D eigenvalue weighted by Crippen LogP contribution is 2.40. The summed E-state index contributed by atoms with van der Waals surface area (Å²) in [5.74, 6) is -1.37. The van der Waals surface area contributed by atoms with E-state index in [1.54, 1.807) is 0 Å². The van der Waals surface area contributed by atoms with Crippen LogP contribution in [0.2, 0.25) is 0 Å². The molecule has 0 spiro atoms. The highest BCUT2D eigenvalue weighted by atomic mass is 31.2. The van der Waals surface area contributed by atoms with Crippen LogP contribution in [0.25, 0.3) is 0 Å². The number of nitrogens with one attached hydrogen (secondary N) is 1. The lowest BCUT2D eigenvalue weighted by Crippen LogP contribution is -2.08. The number of carbonyl (C=O) groups is 1. The quantitative estimate of drug-likeness (QED) is 0.230. The summed E-state index contributed by atoms with van der Waals surface area (Å²) in [6, 6.07) is 1.98. The minimum atomic E-state index is -4.14. The van der Waals surface area contributed by atoms with Gasteiger partial charge in [-0.05, 0) is 13.0 Å². The van der Waals surface area contributed by atoms with Crippen molar-refractivity contribution in [1.29, 1.82) is 0 Å². The fourth-order valence-corrected chi connectivity index (χ4v) is 1.72. The van der Waals surface area contributed by atoms with E-state index in [0.29, 0.717) is 0 Å². The monoisotopic (exact) mass is 246 g/mol. The van der Waals surface area contributed by atoms with Crippen LogP contribution in [-0.4, -0.2) is 20.9 Å². The first-order valence-corrected chi connectivity index (χ1v) is 5.90. The van der Waals surface area contributed by atoms with E-state index >= 15 is 0 Å². The Hall–Kier alpha value is -1.56. The number of phenolic OH excluding ortho intramolecular Hbond substituents is 2. The average molecular weight is 246 g/mol. The zero-order valence-corrected chi connectivity index (χ0v) is 9.23. The molecule has 1 unspecified atom stereocenters. The van der Waals surface area contributed by atoms with Gasteiger partial charge in [0.15, 0.2) is 5.78 Å². The van der Waals surface area contributed by atoms with Gasteiger partial charge in [0.2, 0.25) is 0 Å². The predicted octanol–water partition coefficient (Wildman–Crippen LogP) is 0.771. The van der Waals surface area contributed by atoms with E-state index < -0.39 is 19.2 Å². The van der Waals surface area contributed by atoms with Crippen LogP contribution in [0.3, 0.4) is 0 Å². The standard InChI is InChI=1S/C8H11N2O5P/c1-4(11)6-2-5(12)3-7(13)8(6)10-16(9,14)15/h2-3,12-13H,1H3,(H4,9,10,14,15). The van der Waals surface area contributed by atoms with Gasteiger partial charge in [0.25, 0.3) is 0 Å². The molecule has 6 N–H and O–H groups in total. The lowest BCUT2D eigenvalue weighted by atomic mass is 10.1. The van der Waals surface area contributed by atoms with Crippen molar-refractivity contribution in [1.82, 2.24) is 0 Å². The van der Waals surface area contributed by atoms with Gasteiger partial charge in [0.05, 0.1) is 5.69 Å². The zero-order valence-electron chi connectivity index (χ0n) is 8.34. The third kappa shape index (κ3) is 2.96. The Balaban J connectivity index is 3.36. The van der Waals surface area contributed by atoms with E-state index in [2.05, 4.69) is 0 Å². The number of ketones is 1. The summed E-state index contributed by atoms with van der Waals surface area (Å²) in [7, 11) is -4.14. The summed E-state index contributed by atoms with van der Waals surface area (Å²) in [6.45, 7) is 1.18. The molecule has 0 heterocycles. The topological polar surface area (TPSA) is 133 Å². The van der Waals surface area contributed by atoms with Crippen LogP contribution in [0.4, 0.5) is 5.69 Å². The van der Waals surface area contributed by atoms with Crippen molar-refractivity contribution in [2.45, 2.75) is 6.92 Å². The molecule has 1 atom stereocenters. The van der Waals surface area contributed by atoms with Crippen LogP contribution in [0, 0.1) is 0 Å². The summed E-state index contributed by atoms with van der Waals surface area (Å²) in [5.41, 5.74) is 4.45. The molecule has 0 aliphatic rings. The van der Waals surface area contributed by atoms with Crippen LogP contribution in [-0.2, 0) is 4.57 Å². The van der Waals surface area contributed by atoms with E-state index in [1.165, 1.54) is 6.92 Å². The largest absolute Gasteiger partial charge is 0.508 e. The second-order valence-corrected chi connectivity index (χ2v) is 4.65. The Morgan fingerprint density at radius 1 is 1.44 bits per heavy atom. The molecule has 16 heavy (non-hydrogen) atoms. The van der Waals surface area contributed by atoms with E-state index in [-0.39, 0.29) is 17.0 Å². The summed E-state index contributed by atoms with van der Waals surface area (Å²) < 4.78 is 10.9. The fraction of sp³-hybridized carbons (Fsp3) is 0.125. The first kappa shape index (κ1) is 12.5.